The minimum absolute atomic E-state index is 0.115. The number of alkyl halides is 3. The minimum atomic E-state index is -4.41. The van der Waals surface area contributed by atoms with E-state index < -0.39 is 11.7 Å². The highest BCUT2D eigenvalue weighted by Gasteiger charge is 2.31. The van der Waals surface area contributed by atoms with Gasteiger partial charge in [-0.2, -0.15) is 18.3 Å². The molecule has 1 fully saturated rings. The van der Waals surface area contributed by atoms with Crippen molar-refractivity contribution >= 4 is 22.5 Å². The fourth-order valence-electron chi connectivity index (χ4n) is 3.54. The molecule has 1 aliphatic rings. The predicted octanol–water partition coefficient (Wildman–Crippen LogP) is 2.74. The van der Waals surface area contributed by atoms with Gasteiger partial charge in [0.1, 0.15) is 5.82 Å². The van der Waals surface area contributed by atoms with E-state index in [2.05, 4.69) is 20.5 Å². The van der Waals surface area contributed by atoms with E-state index >= 15 is 0 Å². The van der Waals surface area contributed by atoms with Crippen LogP contribution < -0.4 is 15.8 Å². The summed E-state index contributed by atoms with van der Waals surface area (Å²) in [6.45, 7) is 1.09. The highest BCUT2D eigenvalue weighted by Crippen LogP contribution is 2.29. The second-order valence-electron chi connectivity index (χ2n) is 7.08. The zero-order chi connectivity index (χ0) is 21.3. The van der Waals surface area contributed by atoms with Gasteiger partial charge in [-0.05, 0) is 31.0 Å². The largest absolute Gasteiger partial charge is 0.417 e. The van der Waals surface area contributed by atoms with Gasteiger partial charge in [-0.3, -0.25) is 9.59 Å². The molecule has 2 aromatic heterocycles. The lowest BCUT2D eigenvalue weighted by molar-refractivity contribution is -0.137. The Hall–Kier alpha value is -3.43. The van der Waals surface area contributed by atoms with Crippen molar-refractivity contribution in [2.45, 2.75) is 25.1 Å². The first-order chi connectivity index (χ1) is 14.3. The summed E-state index contributed by atoms with van der Waals surface area (Å²) in [4.78, 5) is 30.4. The smallest absolute Gasteiger partial charge is 0.356 e. The highest BCUT2D eigenvalue weighted by molar-refractivity contribution is 6.04. The lowest BCUT2D eigenvalue weighted by Gasteiger charge is -2.33. The Bertz CT molecular complexity index is 1120. The molecule has 7 nitrogen and oxygen atoms in total. The van der Waals surface area contributed by atoms with Crippen LogP contribution in [0.2, 0.25) is 0 Å². The van der Waals surface area contributed by atoms with Crippen molar-refractivity contribution < 1.29 is 18.0 Å². The number of amides is 1. The summed E-state index contributed by atoms with van der Waals surface area (Å²) in [5.41, 5.74) is -0.995. The number of hydrogen-bond donors (Lipinski definition) is 2. The molecule has 0 aliphatic carbocycles. The summed E-state index contributed by atoms with van der Waals surface area (Å²) in [6, 6.07) is 9.00. The van der Waals surface area contributed by atoms with Crippen molar-refractivity contribution in [3.8, 4) is 0 Å². The summed E-state index contributed by atoms with van der Waals surface area (Å²) >= 11 is 0. The molecular weight excluding hydrogens is 399 g/mol. The zero-order valence-corrected chi connectivity index (χ0v) is 15.7. The summed E-state index contributed by atoms with van der Waals surface area (Å²) < 4.78 is 38.0. The maximum Gasteiger partial charge on any atom is 0.417 e. The number of nitrogens with zero attached hydrogens (tertiary/aromatic N) is 3. The van der Waals surface area contributed by atoms with Crippen molar-refractivity contribution in [2.75, 3.05) is 18.0 Å². The summed E-state index contributed by atoms with van der Waals surface area (Å²) in [6.07, 6.45) is -2.37. The Morgan fingerprint density at radius 3 is 2.43 bits per heavy atom. The number of halogens is 3. The van der Waals surface area contributed by atoms with Crippen LogP contribution in [-0.2, 0) is 6.18 Å². The molecule has 10 heteroatoms. The summed E-state index contributed by atoms with van der Waals surface area (Å²) in [7, 11) is 0. The van der Waals surface area contributed by atoms with Crippen LogP contribution in [0.15, 0.2) is 47.4 Å². The van der Waals surface area contributed by atoms with Gasteiger partial charge in [0.05, 0.1) is 10.9 Å². The lowest BCUT2D eigenvalue weighted by Crippen LogP contribution is -2.45. The highest BCUT2D eigenvalue weighted by atomic mass is 19.4. The van der Waals surface area contributed by atoms with E-state index in [1.54, 1.807) is 24.3 Å². The minimum Gasteiger partial charge on any atom is -0.356 e. The first-order valence-corrected chi connectivity index (χ1v) is 9.39. The Kier molecular flexibility index (Phi) is 5.15. The average Bonchev–Trinajstić information content (AvgIpc) is 2.74. The number of carbonyl (C=O) groups is 1. The molecule has 0 atom stereocenters. The Labute approximate surface area is 168 Å². The van der Waals surface area contributed by atoms with Crippen LogP contribution >= 0.6 is 0 Å². The van der Waals surface area contributed by atoms with Gasteiger partial charge in [0, 0.05) is 30.7 Å². The fourth-order valence-corrected chi connectivity index (χ4v) is 3.54. The number of carbonyl (C=O) groups excluding carboxylic acids is 1. The second-order valence-corrected chi connectivity index (χ2v) is 7.08. The lowest BCUT2D eigenvalue weighted by atomic mass is 10.0. The molecule has 156 valence electrons. The predicted molar refractivity (Wildman–Crippen MR) is 104 cm³/mol. The van der Waals surface area contributed by atoms with Crippen LogP contribution in [0.4, 0.5) is 19.0 Å². The number of nitrogens with one attached hydrogen (secondary N) is 2. The number of hydrogen-bond acceptors (Lipinski definition) is 5. The number of piperidine rings is 1. The number of benzene rings is 1. The first kappa shape index (κ1) is 19.9. The molecule has 1 aromatic carbocycles. The van der Waals surface area contributed by atoms with E-state index in [0.29, 0.717) is 42.5 Å². The van der Waals surface area contributed by atoms with Crippen LogP contribution in [0.3, 0.4) is 0 Å². The van der Waals surface area contributed by atoms with Crippen molar-refractivity contribution in [3.05, 3.63) is 64.2 Å². The third-order valence-corrected chi connectivity index (χ3v) is 5.14. The number of aromatic nitrogens is 3. The van der Waals surface area contributed by atoms with Crippen LogP contribution in [0, 0.1) is 0 Å². The second kappa shape index (κ2) is 7.77. The molecule has 4 rings (SSSR count). The van der Waals surface area contributed by atoms with Gasteiger partial charge in [-0.25, -0.2) is 10.1 Å². The third kappa shape index (κ3) is 3.98. The van der Waals surface area contributed by atoms with Gasteiger partial charge < -0.3 is 10.2 Å². The standard InChI is InChI=1S/C20H18F3N5O2/c21-20(22,23)12-5-6-16(24-11-12)28-9-7-13(8-10-28)25-19(30)17-14-3-1-2-4-15(14)18(29)27-26-17/h1-6,11,13H,7-10H2,(H,25,30)(H,27,29). The van der Waals surface area contributed by atoms with Crippen molar-refractivity contribution in [2.24, 2.45) is 0 Å². The molecule has 0 spiro atoms. The maximum atomic E-state index is 12.7. The molecule has 0 bridgehead atoms. The Balaban J connectivity index is 1.40. The molecule has 0 radical (unpaired) electrons. The van der Waals surface area contributed by atoms with E-state index in [0.717, 1.165) is 12.3 Å². The first-order valence-electron chi connectivity index (χ1n) is 9.39. The van der Waals surface area contributed by atoms with Gasteiger partial charge in [0.15, 0.2) is 5.69 Å². The number of fused-ring (bicyclic) bond motifs is 1. The average molecular weight is 417 g/mol. The Morgan fingerprint density at radius 1 is 1.10 bits per heavy atom. The van der Waals surface area contributed by atoms with Gasteiger partial charge >= 0.3 is 6.18 Å². The molecule has 30 heavy (non-hydrogen) atoms. The van der Waals surface area contributed by atoms with E-state index in [-0.39, 0.29) is 23.2 Å². The quantitative estimate of drug-likeness (QED) is 0.684. The van der Waals surface area contributed by atoms with Crippen molar-refractivity contribution in [1.82, 2.24) is 20.5 Å². The number of rotatable bonds is 3. The number of H-pyrrole nitrogens is 1. The third-order valence-electron chi connectivity index (χ3n) is 5.14. The van der Waals surface area contributed by atoms with E-state index in [1.165, 1.54) is 6.07 Å². The zero-order valence-electron chi connectivity index (χ0n) is 15.7. The van der Waals surface area contributed by atoms with Gasteiger partial charge in [-0.1, -0.05) is 18.2 Å². The number of pyridine rings is 1. The molecule has 3 aromatic rings. The van der Waals surface area contributed by atoms with E-state index in [1.807, 2.05) is 4.90 Å². The number of aromatic amines is 1. The SMILES string of the molecule is O=C(NC1CCN(c2ccc(C(F)(F)F)cn2)CC1)c1n[nH]c(=O)c2ccccc12. The van der Waals surface area contributed by atoms with Crippen LogP contribution in [0.25, 0.3) is 10.8 Å². The van der Waals surface area contributed by atoms with Crippen LogP contribution in [-0.4, -0.2) is 40.2 Å². The number of anilines is 1. The van der Waals surface area contributed by atoms with Gasteiger partial charge in [0.2, 0.25) is 0 Å². The van der Waals surface area contributed by atoms with Gasteiger partial charge in [0.25, 0.3) is 11.5 Å². The Morgan fingerprint density at radius 2 is 1.80 bits per heavy atom. The normalized spacial score (nSPS) is 15.4. The molecule has 2 N–H and O–H groups in total. The summed E-state index contributed by atoms with van der Waals surface area (Å²) in [5, 5.41) is 10.0. The molecule has 3 heterocycles. The fraction of sp³-hybridized carbons (Fsp3) is 0.300. The topological polar surface area (TPSA) is 91.0 Å². The molecule has 0 saturated carbocycles. The van der Waals surface area contributed by atoms with E-state index in [9.17, 15) is 22.8 Å². The van der Waals surface area contributed by atoms with Crippen molar-refractivity contribution in [1.29, 1.82) is 0 Å². The van der Waals surface area contributed by atoms with Crippen LogP contribution in [0.1, 0.15) is 28.9 Å². The molecular formula is C20H18F3N5O2. The molecule has 1 aliphatic heterocycles. The summed E-state index contributed by atoms with van der Waals surface area (Å²) in [5.74, 6) is 0.0922. The molecule has 1 amide bonds. The monoisotopic (exact) mass is 417 g/mol. The molecule has 0 unspecified atom stereocenters. The molecule has 1 saturated heterocycles. The van der Waals surface area contributed by atoms with E-state index in [4.69, 9.17) is 0 Å². The van der Waals surface area contributed by atoms with Gasteiger partial charge in [-0.15, -0.1) is 0 Å². The van der Waals surface area contributed by atoms with Crippen LogP contribution in [0.5, 0.6) is 0 Å². The maximum absolute atomic E-state index is 12.7. The van der Waals surface area contributed by atoms with Crippen molar-refractivity contribution in [3.63, 3.8) is 0 Å².